The number of pyridine rings is 1. The number of hydrogen-bond donors (Lipinski definition) is 0. The number of carbonyl (C=O) groups excluding carboxylic acids is 1. The molecule has 0 saturated carbocycles. The minimum absolute atomic E-state index is 0.0286. The Labute approximate surface area is 151 Å². The molecule has 138 valence electrons. The number of aromatic nitrogens is 1. The number of carbonyl (C=O) groups is 1. The van der Waals surface area contributed by atoms with Gasteiger partial charge in [0.1, 0.15) is 5.69 Å². The van der Waals surface area contributed by atoms with Crippen molar-refractivity contribution in [2.45, 2.75) is 38.5 Å². The number of anilines is 1. The standard InChI is InChI=1S/C20H22F2N2O2/c1-3-20(4-2)13-24(16-10-6-5-8-14(16)20)19(25)15-9-7-11-18(23-15)26-12-17(21)22/h5-11,17H,3-4,12-13H2,1-2H3. The molecule has 0 saturated heterocycles. The maximum absolute atomic E-state index is 13.1. The zero-order chi connectivity index (χ0) is 18.7. The predicted octanol–water partition coefficient (Wildman–Crippen LogP) is 4.44. The normalized spacial score (nSPS) is 15.2. The summed E-state index contributed by atoms with van der Waals surface area (Å²) in [6, 6.07) is 12.6. The summed E-state index contributed by atoms with van der Waals surface area (Å²) in [4.78, 5) is 18.9. The molecule has 4 nitrogen and oxygen atoms in total. The second-order valence-electron chi connectivity index (χ2n) is 6.46. The van der Waals surface area contributed by atoms with Gasteiger partial charge >= 0.3 is 0 Å². The van der Waals surface area contributed by atoms with E-state index in [0.29, 0.717) is 6.54 Å². The highest BCUT2D eigenvalue weighted by Crippen LogP contribution is 2.45. The van der Waals surface area contributed by atoms with E-state index in [0.717, 1.165) is 18.5 Å². The highest BCUT2D eigenvalue weighted by Gasteiger charge is 2.42. The topological polar surface area (TPSA) is 42.4 Å². The van der Waals surface area contributed by atoms with E-state index < -0.39 is 13.0 Å². The summed E-state index contributed by atoms with van der Waals surface area (Å²) in [5.41, 5.74) is 2.18. The Balaban J connectivity index is 1.90. The molecule has 0 unspecified atom stereocenters. The number of alkyl halides is 2. The Bertz CT molecular complexity index is 791. The first kappa shape index (κ1) is 18.3. The molecule has 1 aromatic heterocycles. The van der Waals surface area contributed by atoms with Crippen LogP contribution in [0.2, 0.25) is 0 Å². The number of nitrogens with zero attached hydrogens (tertiary/aromatic N) is 2. The van der Waals surface area contributed by atoms with E-state index in [-0.39, 0.29) is 22.9 Å². The number of fused-ring (bicyclic) bond motifs is 1. The van der Waals surface area contributed by atoms with Crippen LogP contribution in [-0.4, -0.2) is 30.5 Å². The summed E-state index contributed by atoms with van der Waals surface area (Å²) < 4.78 is 29.6. The van der Waals surface area contributed by atoms with Crippen LogP contribution in [0.15, 0.2) is 42.5 Å². The first-order chi connectivity index (χ1) is 12.5. The SMILES string of the molecule is CCC1(CC)CN(C(=O)c2cccc(OCC(F)F)n2)c2ccccc21. The number of ether oxygens (including phenoxy) is 1. The van der Waals surface area contributed by atoms with Crippen molar-refractivity contribution in [3.8, 4) is 5.88 Å². The number of hydrogen-bond acceptors (Lipinski definition) is 3. The van der Waals surface area contributed by atoms with E-state index in [2.05, 4.69) is 24.9 Å². The van der Waals surface area contributed by atoms with Crippen LogP contribution in [-0.2, 0) is 5.41 Å². The van der Waals surface area contributed by atoms with Gasteiger partial charge in [0, 0.05) is 23.7 Å². The van der Waals surface area contributed by atoms with Crippen LogP contribution in [0.25, 0.3) is 0 Å². The number of amides is 1. The van der Waals surface area contributed by atoms with Gasteiger partial charge in [-0.3, -0.25) is 4.79 Å². The van der Waals surface area contributed by atoms with Gasteiger partial charge in [-0.15, -0.1) is 0 Å². The molecule has 0 spiro atoms. The largest absolute Gasteiger partial charge is 0.472 e. The lowest BCUT2D eigenvalue weighted by atomic mass is 9.78. The smallest absolute Gasteiger partial charge is 0.277 e. The summed E-state index contributed by atoms with van der Waals surface area (Å²) in [6.45, 7) is 4.10. The third kappa shape index (κ3) is 3.28. The Hall–Kier alpha value is -2.50. The lowest BCUT2D eigenvalue weighted by molar-refractivity contribution is 0.0793. The van der Waals surface area contributed by atoms with Crippen LogP contribution in [0.1, 0.15) is 42.7 Å². The molecule has 0 radical (unpaired) electrons. The molecule has 2 heterocycles. The molecular formula is C20H22F2N2O2. The van der Waals surface area contributed by atoms with E-state index in [1.165, 1.54) is 11.6 Å². The fraction of sp³-hybridized carbons (Fsp3) is 0.400. The average Bonchev–Trinajstić information content (AvgIpc) is 3.01. The monoisotopic (exact) mass is 360 g/mol. The molecule has 2 aromatic rings. The van der Waals surface area contributed by atoms with Gasteiger partial charge in [-0.2, -0.15) is 0 Å². The second-order valence-corrected chi connectivity index (χ2v) is 6.46. The highest BCUT2D eigenvalue weighted by atomic mass is 19.3. The minimum atomic E-state index is -2.59. The van der Waals surface area contributed by atoms with Crippen molar-refractivity contribution in [3.05, 3.63) is 53.7 Å². The summed E-state index contributed by atoms with van der Waals surface area (Å²) in [5.74, 6) is -0.218. The van der Waals surface area contributed by atoms with Gasteiger partial charge in [0.25, 0.3) is 12.3 Å². The number of rotatable bonds is 6. The zero-order valence-corrected chi connectivity index (χ0v) is 14.9. The van der Waals surface area contributed by atoms with Crippen LogP contribution in [0.4, 0.5) is 14.5 Å². The van der Waals surface area contributed by atoms with Gasteiger partial charge in [0.15, 0.2) is 6.61 Å². The molecule has 6 heteroatoms. The van der Waals surface area contributed by atoms with Crippen LogP contribution in [0, 0.1) is 0 Å². The van der Waals surface area contributed by atoms with Crippen LogP contribution in [0.3, 0.4) is 0 Å². The Morgan fingerprint density at radius 3 is 2.62 bits per heavy atom. The Morgan fingerprint density at radius 2 is 1.92 bits per heavy atom. The van der Waals surface area contributed by atoms with Crippen molar-refractivity contribution >= 4 is 11.6 Å². The molecular weight excluding hydrogens is 338 g/mol. The first-order valence-corrected chi connectivity index (χ1v) is 8.80. The highest BCUT2D eigenvalue weighted by molar-refractivity contribution is 6.06. The van der Waals surface area contributed by atoms with E-state index >= 15 is 0 Å². The Kier molecular flexibility index (Phi) is 5.20. The zero-order valence-electron chi connectivity index (χ0n) is 14.9. The molecule has 0 aliphatic carbocycles. The molecule has 1 amide bonds. The van der Waals surface area contributed by atoms with Gasteiger partial charge in [-0.1, -0.05) is 38.1 Å². The van der Waals surface area contributed by atoms with Gasteiger partial charge in [0.05, 0.1) is 0 Å². The van der Waals surface area contributed by atoms with E-state index in [1.807, 2.05) is 18.2 Å². The lowest BCUT2D eigenvalue weighted by Crippen LogP contribution is -2.36. The molecule has 0 atom stereocenters. The maximum Gasteiger partial charge on any atom is 0.277 e. The molecule has 0 N–H and O–H groups in total. The molecule has 1 aliphatic heterocycles. The van der Waals surface area contributed by atoms with E-state index in [4.69, 9.17) is 4.74 Å². The minimum Gasteiger partial charge on any atom is -0.472 e. The number of benzene rings is 1. The fourth-order valence-corrected chi connectivity index (χ4v) is 3.57. The predicted molar refractivity (Wildman–Crippen MR) is 96.1 cm³/mol. The number of halogens is 2. The summed E-state index contributed by atoms with van der Waals surface area (Å²) in [7, 11) is 0. The van der Waals surface area contributed by atoms with Gasteiger partial charge in [0.2, 0.25) is 5.88 Å². The molecule has 26 heavy (non-hydrogen) atoms. The third-order valence-electron chi connectivity index (χ3n) is 5.13. The first-order valence-electron chi connectivity index (χ1n) is 8.80. The summed E-state index contributed by atoms with van der Waals surface area (Å²) in [5, 5.41) is 0. The quantitative estimate of drug-likeness (QED) is 0.765. The average molecular weight is 360 g/mol. The van der Waals surface area contributed by atoms with Crippen molar-refractivity contribution in [2.24, 2.45) is 0 Å². The molecule has 1 aliphatic rings. The fourth-order valence-electron chi connectivity index (χ4n) is 3.57. The van der Waals surface area contributed by atoms with Crippen molar-refractivity contribution in [3.63, 3.8) is 0 Å². The van der Waals surface area contributed by atoms with Gasteiger partial charge < -0.3 is 9.64 Å². The van der Waals surface area contributed by atoms with Gasteiger partial charge in [-0.25, -0.2) is 13.8 Å². The lowest BCUT2D eigenvalue weighted by Gasteiger charge is -2.27. The van der Waals surface area contributed by atoms with E-state index in [1.54, 1.807) is 17.0 Å². The van der Waals surface area contributed by atoms with Gasteiger partial charge in [-0.05, 0) is 30.5 Å². The number of para-hydroxylation sites is 1. The molecule has 1 aromatic carbocycles. The third-order valence-corrected chi connectivity index (χ3v) is 5.13. The second kappa shape index (κ2) is 7.40. The summed E-state index contributed by atoms with van der Waals surface area (Å²) in [6.07, 6.45) is -0.735. The molecule has 3 rings (SSSR count). The van der Waals surface area contributed by atoms with E-state index in [9.17, 15) is 13.6 Å². The van der Waals surface area contributed by atoms with Crippen LogP contribution < -0.4 is 9.64 Å². The Morgan fingerprint density at radius 1 is 1.19 bits per heavy atom. The van der Waals surface area contributed by atoms with Crippen molar-refractivity contribution < 1.29 is 18.3 Å². The molecule has 0 fully saturated rings. The summed E-state index contributed by atoms with van der Waals surface area (Å²) >= 11 is 0. The van der Waals surface area contributed by atoms with Crippen molar-refractivity contribution in [1.82, 2.24) is 4.98 Å². The van der Waals surface area contributed by atoms with Crippen molar-refractivity contribution in [1.29, 1.82) is 0 Å². The molecule has 0 bridgehead atoms. The maximum atomic E-state index is 13.1. The van der Waals surface area contributed by atoms with Crippen LogP contribution >= 0.6 is 0 Å². The van der Waals surface area contributed by atoms with Crippen molar-refractivity contribution in [2.75, 3.05) is 18.1 Å². The van der Waals surface area contributed by atoms with Crippen LogP contribution in [0.5, 0.6) is 5.88 Å².